The standard InChI is InChI=1S/C12H17ClN2O.ClH/c1-8-6-9(13)4-5-10(8)11(16)15-12(2,3)7-14;/h4-6H,7,14H2,1-3H3,(H,15,16);1H. The summed E-state index contributed by atoms with van der Waals surface area (Å²) in [7, 11) is 0. The summed E-state index contributed by atoms with van der Waals surface area (Å²) >= 11 is 5.83. The fraction of sp³-hybridized carbons (Fsp3) is 0.417. The number of hydrogen-bond donors (Lipinski definition) is 2. The molecule has 0 spiro atoms. The van der Waals surface area contributed by atoms with Gasteiger partial charge in [0.2, 0.25) is 0 Å². The van der Waals surface area contributed by atoms with E-state index in [2.05, 4.69) is 5.32 Å². The first kappa shape index (κ1) is 16.2. The molecule has 0 bridgehead atoms. The van der Waals surface area contributed by atoms with Crippen molar-refractivity contribution >= 4 is 29.9 Å². The Morgan fingerprint density at radius 1 is 1.47 bits per heavy atom. The minimum Gasteiger partial charge on any atom is -0.346 e. The van der Waals surface area contributed by atoms with Gasteiger partial charge in [0.25, 0.3) is 5.91 Å². The van der Waals surface area contributed by atoms with Gasteiger partial charge in [-0.15, -0.1) is 12.4 Å². The van der Waals surface area contributed by atoms with Crippen LogP contribution in [0.1, 0.15) is 29.8 Å². The number of benzene rings is 1. The zero-order valence-corrected chi connectivity index (χ0v) is 11.8. The third-order valence-electron chi connectivity index (χ3n) is 2.40. The van der Waals surface area contributed by atoms with E-state index in [1.165, 1.54) is 0 Å². The van der Waals surface area contributed by atoms with Gasteiger partial charge in [0.05, 0.1) is 0 Å². The van der Waals surface area contributed by atoms with Crippen LogP contribution >= 0.6 is 24.0 Å². The number of aryl methyl sites for hydroxylation is 1. The summed E-state index contributed by atoms with van der Waals surface area (Å²) in [5.41, 5.74) is 6.65. The first-order chi connectivity index (χ1) is 7.35. The molecule has 3 nitrogen and oxygen atoms in total. The van der Waals surface area contributed by atoms with Crippen LogP contribution in [0, 0.1) is 6.92 Å². The number of halogens is 2. The lowest BCUT2D eigenvalue weighted by Gasteiger charge is -2.24. The lowest BCUT2D eigenvalue weighted by atomic mass is 10.0. The van der Waals surface area contributed by atoms with E-state index < -0.39 is 5.54 Å². The van der Waals surface area contributed by atoms with Crippen LogP contribution in [0.3, 0.4) is 0 Å². The molecule has 5 heteroatoms. The predicted molar refractivity (Wildman–Crippen MR) is 74.0 cm³/mol. The van der Waals surface area contributed by atoms with Crippen molar-refractivity contribution in [1.82, 2.24) is 5.32 Å². The monoisotopic (exact) mass is 276 g/mol. The molecule has 1 aromatic rings. The molecule has 0 aliphatic heterocycles. The zero-order chi connectivity index (χ0) is 12.3. The van der Waals surface area contributed by atoms with Gasteiger partial charge in [-0.05, 0) is 44.5 Å². The van der Waals surface area contributed by atoms with Crippen LogP contribution in [-0.4, -0.2) is 18.0 Å². The van der Waals surface area contributed by atoms with Crippen molar-refractivity contribution in [3.8, 4) is 0 Å². The second-order valence-corrected chi connectivity index (χ2v) is 4.94. The summed E-state index contributed by atoms with van der Waals surface area (Å²) in [5.74, 6) is -0.121. The molecule has 17 heavy (non-hydrogen) atoms. The first-order valence-corrected chi connectivity index (χ1v) is 5.52. The fourth-order valence-electron chi connectivity index (χ4n) is 1.31. The van der Waals surface area contributed by atoms with Crippen LogP contribution in [-0.2, 0) is 0 Å². The van der Waals surface area contributed by atoms with Gasteiger partial charge in [0.15, 0.2) is 0 Å². The quantitative estimate of drug-likeness (QED) is 0.892. The van der Waals surface area contributed by atoms with Gasteiger partial charge < -0.3 is 11.1 Å². The van der Waals surface area contributed by atoms with Crippen LogP contribution < -0.4 is 11.1 Å². The van der Waals surface area contributed by atoms with Gasteiger partial charge in [0, 0.05) is 22.7 Å². The normalized spacial score (nSPS) is 10.6. The van der Waals surface area contributed by atoms with E-state index in [1.54, 1.807) is 18.2 Å². The van der Waals surface area contributed by atoms with E-state index in [0.29, 0.717) is 17.1 Å². The Morgan fingerprint density at radius 3 is 2.53 bits per heavy atom. The van der Waals surface area contributed by atoms with Gasteiger partial charge in [-0.25, -0.2) is 0 Å². The molecule has 0 aliphatic rings. The Bertz CT molecular complexity index is 405. The number of nitrogens with two attached hydrogens (primary N) is 1. The number of carbonyl (C=O) groups is 1. The SMILES string of the molecule is Cc1cc(Cl)ccc1C(=O)NC(C)(C)CN.Cl. The molecule has 0 atom stereocenters. The van der Waals surface area contributed by atoms with Gasteiger partial charge >= 0.3 is 0 Å². The largest absolute Gasteiger partial charge is 0.346 e. The number of nitrogens with one attached hydrogen (secondary N) is 1. The van der Waals surface area contributed by atoms with Crippen molar-refractivity contribution in [3.05, 3.63) is 34.3 Å². The van der Waals surface area contributed by atoms with Crippen molar-refractivity contribution < 1.29 is 4.79 Å². The summed E-state index contributed by atoms with van der Waals surface area (Å²) in [6.07, 6.45) is 0. The van der Waals surface area contributed by atoms with E-state index >= 15 is 0 Å². The number of amides is 1. The van der Waals surface area contributed by atoms with Crippen molar-refractivity contribution in [2.75, 3.05) is 6.54 Å². The highest BCUT2D eigenvalue weighted by Gasteiger charge is 2.20. The van der Waals surface area contributed by atoms with Crippen molar-refractivity contribution in [2.45, 2.75) is 26.3 Å². The van der Waals surface area contributed by atoms with Crippen LogP contribution in [0.15, 0.2) is 18.2 Å². The number of carbonyl (C=O) groups excluding carboxylic acids is 1. The molecule has 0 heterocycles. The average molecular weight is 277 g/mol. The highest BCUT2D eigenvalue weighted by atomic mass is 35.5. The van der Waals surface area contributed by atoms with E-state index in [1.807, 2.05) is 20.8 Å². The summed E-state index contributed by atoms with van der Waals surface area (Å²) < 4.78 is 0. The molecule has 0 unspecified atom stereocenters. The molecular formula is C12H18Cl2N2O. The maximum absolute atomic E-state index is 11.9. The second kappa shape index (κ2) is 6.24. The Kier molecular flexibility index (Phi) is 5.96. The van der Waals surface area contributed by atoms with Gasteiger partial charge in [-0.1, -0.05) is 11.6 Å². The predicted octanol–water partition coefficient (Wildman–Crippen LogP) is 2.54. The van der Waals surface area contributed by atoms with Gasteiger partial charge in [-0.2, -0.15) is 0 Å². The van der Waals surface area contributed by atoms with Crippen LogP contribution in [0.25, 0.3) is 0 Å². The molecule has 0 radical (unpaired) electrons. The van der Waals surface area contributed by atoms with Crippen LogP contribution in [0.2, 0.25) is 5.02 Å². The third kappa shape index (κ3) is 4.54. The number of hydrogen-bond acceptors (Lipinski definition) is 2. The lowest BCUT2D eigenvalue weighted by molar-refractivity contribution is 0.0915. The molecule has 3 N–H and O–H groups in total. The Morgan fingerprint density at radius 2 is 2.06 bits per heavy atom. The van der Waals surface area contributed by atoms with Crippen LogP contribution in [0.4, 0.5) is 0 Å². The minimum absolute atomic E-state index is 0. The third-order valence-corrected chi connectivity index (χ3v) is 2.63. The molecule has 0 saturated heterocycles. The molecule has 0 aliphatic carbocycles. The smallest absolute Gasteiger partial charge is 0.252 e. The molecular weight excluding hydrogens is 259 g/mol. The van der Waals surface area contributed by atoms with Gasteiger partial charge in [-0.3, -0.25) is 4.79 Å². The summed E-state index contributed by atoms with van der Waals surface area (Å²) in [5, 5.41) is 3.51. The fourth-order valence-corrected chi connectivity index (χ4v) is 1.53. The Hall–Kier alpha value is -0.770. The Balaban J connectivity index is 0.00000256. The molecule has 1 amide bonds. The maximum Gasteiger partial charge on any atom is 0.252 e. The van der Waals surface area contributed by atoms with Crippen molar-refractivity contribution in [2.24, 2.45) is 5.73 Å². The van der Waals surface area contributed by atoms with E-state index in [0.717, 1.165) is 5.56 Å². The van der Waals surface area contributed by atoms with E-state index in [-0.39, 0.29) is 18.3 Å². The van der Waals surface area contributed by atoms with Gasteiger partial charge in [0.1, 0.15) is 0 Å². The average Bonchev–Trinajstić information content (AvgIpc) is 2.16. The topological polar surface area (TPSA) is 55.1 Å². The van der Waals surface area contributed by atoms with E-state index in [9.17, 15) is 4.79 Å². The summed E-state index contributed by atoms with van der Waals surface area (Å²) in [6, 6.07) is 5.20. The van der Waals surface area contributed by atoms with Crippen molar-refractivity contribution in [3.63, 3.8) is 0 Å². The van der Waals surface area contributed by atoms with Crippen molar-refractivity contribution in [1.29, 1.82) is 0 Å². The Labute approximate surface area is 113 Å². The molecule has 0 fully saturated rings. The molecule has 1 aromatic carbocycles. The van der Waals surface area contributed by atoms with E-state index in [4.69, 9.17) is 17.3 Å². The second-order valence-electron chi connectivity index (χ2n) is 4.50. The summed E-state index contributed by atoms with van der Waals surface area (Å²) in [6.45, 7) is 6.02. The lowest BCUT2D eigenvalue weighted by Crippen LogP contribution is -2.49. The zero-order valence-electron chi connectivity index (χ0n) is 10.2. The highest BCUT2D eigenvalue weighted by Crippen LogP contribution is 2.15. The first-order valence-electron chi connectivity index (χ1n) is 5.14. The van der Waals surface area contributed by atoms with Crippen LogP contribution in [0.5, 0.6) is 0 Å². The number of rotatable bonds is 3. The summed E-state index contributed by atoms with van der Waals surface area (Å²) in [4.78, 5) is 11.9. The highest BCUT2D eigenvalue weighted by molar-refractivity contribution is 6.30. The molecule has 96 valence electrons. The maximum atomic E-state index is 11.9. The molecule has 0 saturated carbocycles. The molecule has 1 rings (SSSR count). The molecule has 0 aromatic heterocycles. The minimum atomic E-state index is -0.400.